The molecule has 1 nitrogen and oxygen atoms in total. The molecule has 226 valence electrons. The first-order valence-corrected chi connectivity index (χ1v) is 16.9. The smallest absolute Gasteiger partial charge is 0.143 e. The minimum atomic E-state index is 0.942. The standard InChI is InChI=1S/C48H28O/c1-3-11-29(12-4-1)34-22-20-32-21-23-38-41(30-13-5-2-6-14-30)28-42(39-26-25-37(34)44(32)45(38)39)43-27-33-16-8-10-18-36(33)48-46(43)40-24-19-31-15-7-9-17-35(31)47(40)49-48/h1-28H. The summed E-state index contributed by atoms with van der Waals surface area (Å²) in [5, 5.41) is 14.6. The van der Waals surface area contributed by atoms with Gasteiger partial charge in [0.05, 0.1) is 0 Å². The number of hydrogen-bond donors (Lipinski definition) is 0. The monoisotopic (exact) mass is 620 g/mol. The molecule has 0 amide bonds. The summed E-state index contributed by atoms with van der Waals surface area (Å²) >= 11 is 0. The van der Waals surface area contributed by atoms with Gasteiger partial charge in [-0.25, -0.2) is 0 Å². The van der Waals surface area contributed by atoms with Crippen molar-refractivity contribution >= 4 is 75.8 Å². The van der Waals surface area contributed by atoms with E-state index in [1.807, 2.05) is 0 Å². The fraction of sp³-hybridized carbons (Fsp3) is 0. The molecular formula is C48H28O. The van der Waals surface area contributed by atoms with Crippen LogP contribution in [0.25, 0.3) is 109 Å². The second-order valence-electron chi connectivity index (χ2n) is 13.2. The molecule has 1 heteroatoms. The molecule has 0 spiro atoms. The Hall–Kier alpha value is -6.44. The summed E-state index contributed by atoms with van der Waals surface area (Å²) in [4.78, 5) is 0. The van der Waals surface area contributed by atoms with Crippen LogP contribution in [0.4, 0.5) is 0 Å². The van der Waals surface area contributed by atoms with Gasteiger partial charge in [0, 0.05) is 21.5 Å². The van der Waals surface area contributed by atoms with Crippen molar-refractivity contribution in [2.24, 2.45) is 0 Å². The summed E-state index contributed by atoms with van der Waals surface area (Å²) < 4.78 is 6.95. The van der Waals surface area contributed by atoms with E-state index in [-0.39, 0.29) is 0 Å². The highest BCUT2D eigenvalue weighted by Crippen LogP contribution is 2.49. The third-order valence-corrected chi connectivity index (χ3v) is 10.6. The maximum atomic E-state index is 6.95. The molecule has 10 aromatic carbocycles. The molecule has 1 aromatic heterocycles. The molecule has 0 fully saturated rings. The SMILES string of the molecule is c1ccc(-c2ccc3ccc4c(-c5ccccc5)cc(-c5cc6ccccc6c6oc7c8ccccc8ccc7c56)c5ccc2c3c45)cc1. The van der Waals surface area contributed by atoms with Crippen molar-refractivity contribution in [3.05, 3.63) is 170 Å². The van der Waals surface area contributed by atoms with E-state index in [0.29, 0.717) is 0 Å². The predicted octanol–water partition coefficient (Wildman–Crippen LogP) is 13.8. The number of fused-ring (bicyclic) bond motifs is 7. The van der Waals surface area contributed by atoms with E-state index < -0.39 is 0 Å². The van der Waals surface area contributed by atoms with E-state index in [9.17, 15) is 0 Å². The molecule has 0 saturated carbocycles. The largest absolute Gasteiger partial charge is 0.455 e. The van der Waals surface area contributed by atoms with Gasteiger partial charge in [0.2, 0.25) is 0 Å². The van der Waals surface area contributed by atoms with Gasteiger partial charge in [0.25, 0.3) is 0 Å². The van der Waals surface area contributed by atoms with Crippen LogP contribution in [0.15, 0.2) is 174 Å². The van der Waals surface area contributed by atoms with Crippen LogP contribution in [0.5, 0.6) is 0 Å². The highest BCUT2D eigenvalue weighted by atomic mass is 16.3. The summed E-state index contributed by atoms with van der Waals surface area (Å²) in [5.41, 5.74) is 9.25. The van der Waals surface area contributed by atoms with Crippen LogP contribution in [0.1, 0.15) is 0 Å². The van der Waals surface area contributed by atoms with Gasteiger partial charge < -0.3 is 4.42 Å². The van der Waals surface area contributed by atoms with Gasteiger partial charge in [-0.05, 0) is 94.7 Å². The molecule has 0 aliphatic rings. The van der Waals surface area contributed by atoms with Crippen LogP contribution in [0.2, 0.25) is 0 Å². The van der Waals surface area contributed by atoms with Crippen molar-refractivity contribution in [3.63, 3.8) is 0 Å². The second-order valence-corrected chi connectivity index (χ2v) is 13.2. The predicted molar refractivity (Wildman–Crippen MR) is 209 cm³/mol. The zero-order chi connectivity index (χ0) is 32.1. The summed E-state index contributed by atoms with van der Waals surface area (Å²) in [5.74, 6) is 0. The quantitative estimate of drug-likeness (QED) is 0.179. The summed E-state index contributed by atoms with van der Waals surface area (Å²) in [6.45, 7) is 0. The summed E-state index contributed by atoms with van der Waals surface area (Å²) in [6.07, 6.45) is 0. The normalized spacial score (nSPS) is 12.1. The molecule has 11 rings (SSSR count). The first-order chi connectivity index (χ1) is 24.3. The minimum Gasteiger partial charge on any atom is -0.455 e. The Bertz CT molecular complexity index is 3080. The lowest BCUT2D eigenvalue weighted by Crippen LogP contribution is -1.93. The Kier molecular flexibility index (Phi) is 5.45. The third kappa shape index (κ3) is 3.76. The first-order valence-electron chi connectivity index (χ1n) is 16.9. The fourth-order valence-electron chi connectivity index (χ4n) is 8.40. The van der Waals surface area contributed by atoms with Gasteiger partial charge in [-0.15, -0.1) is 0 Å². The number of furan rings is 1. The Morgan fingerprint density at radius 1 is 0.265 bits per heavy atom. The first kappa shape index (κ1) is 26.6. The van der Waals surface area contributed by atoms with Crippen LogP contribution in [0, 0.1) is 0 Å². The van der Waals surface area contributed by atoms with E-state index >= 15 is 0 Å². The Balaban J connectivity index is 1.35. The summed E-state index contributed by atoms with van der Waals surface area (Å²) in [7, 11) is 0. The molecule has 49 heavy (non-hydrogen) atoms. The van der Waals surface area contributed by atoms with E-state index in [2.05, 4.69) is 170 Å². The molecule has 0 N–H and O–H groups in total. The molecule has 0 aliphatic heterocycles. The van der Waals surface area contributed by atoms with Gasteiger partial charge in [-0.1, -0.05) is 152 Å². The number of hydrogen-bond acceptors (Lipinski definition) is 1. The van der Waals surface area contributed by atoms with Crippen LogP contribution >= 0.6 is 0 Å². The van der Waals surface area contributed by atoms with Crippen molar-refractivity contribution in [2.45, 2.75) is 0 Å². The molecule has 0 saturated heterocycles. The second kappa shape index (κ2) is 10.0. The lowest BCUT2D eigenvalue weighted by atomic mass is 9.83. The highest BCUT2D eigenvalue weighted by Gasteiger charge is 2.23. The van der Waals surface area contributed by atoms with Gasteiger partial charge >= 0.3 is 0 Å². The Labute approximate surface area is 282 Å². The molecule has 0 atom stereocenters. The number of benzene rings is 10. The van der Waals surface area contributed by atoms with Crippen molar-refractivity contribution in [2.75, 3.05) is 0 Å². The molecule has 0 bridgehead atoms. The summed E-state index contributed by atoms with van der Waals surface area (Å²) in [6, 6.07) is 62.0. The fourth-order valence-corrected chi connectivity index (χ4v) is 8.40. The Morgan fingerprint density at radius 3 is 1.59 bits per heavy atom. The molecule has 1 heterocycles. The van der Waals surface area contributed by atoms with E-state index in [1.165, 1.54) is 81.9 Å². The van der Waals surface area contributed by atoms with Gasteiger partial charge in [-0.3, -0.25) is 0 Å². The van der Waals surface area contributed by atoms with E-state index in [1.54, 1.807) is 0 Å². The van der Waals surface area contributed by atoms with Gasteiger partial charge in [0.15, 0.2) is 0 Å². The van der Waals surface area contributed by atoms with Gasteiger partial charge in [0.1, 0.15) is 11.2 Å². The average Bonchev–Trinajstić information content (AvgIpc) is 3.58. The average molecular weight is 621 g/mol. The van der Waals surface area contributed by atoms with Crippen LogP contribution < -0.4 is 0 Å². The van der Waals surface area contributed by atoms with Crippen LogP contribution in [-0.4, -0.2) is 0 Å². The van der Waals surface area contributed by atoms with Crippen molar-refractivity contribution in [1.29, 1.82) is 0 Å². The van der Waals surface area contributed by atoms with E-state index in [0.717, 1.165) is 27.3 Å². The molecule has 0 unspecified atom stereocenters. The maximum absolute atomic E-state index is 6.95. The van der Waals surface area contributed by atoms with Crippen LogP contribution in [0.3, 0.4) is 0 Å². The minimum absolute atomic E-state index is 0.942. The van der Waals surface area contributed by atoms with Crippen molar-refractivity contribution in [1.82, 2.24) is 0 Å². The lowest BCUT2D eigenvalue weighted by Gasteiger charge is -2.20. The number of rotatable bonds is 3. The van der Waals surface area contributed by atoms with Crippen LogP contribution in [-0.2, 0) is 0 Å². The van der Waals surface area contributed by atoms with Crippen molar-refractivity contribution < 1.29 is 4.42 Å². The molecule has 0 radical (unpaired) electrons. The van der Waals surface area contributed by atoms with Crippen molar-refractivity contribution in [3.8, 4) is 33.4 Å². The topological polar surface area (TPSA) is 13.1 Å². The maximum Gasteiger partial charge on any atom is 0.143 e. The zero-order valence-corrected chi connectivity index (χ0v) is 26.6. The van der Waals surface area contributed by atoms with E-state index in [4.69, 9.17) is 4.42 Å². The Morgan fingerprint density at radius 2 is 0.816 bits per heavy atom. The molecular weight excluding hydrogens is 593 g/mol. The zero-order valence-electron chi connectivity index (χ0n) is 26.6. The molecule has 0 aliphatic carbocycles. The highest BCUT2D eigenvalue weighted by molar-refractivity contribution is 6.32. The van der Waals surface area contributed by atoms with Gasteiger partial charge in [-0.2, -0.15) is 0 Å². The lowest BCUT2D eigenvalue weighted by molar-refractivity contribution is 0.676. The molecule has 11 aromatic rings. The third-order valence-electron chi connectivity index (χ3n) is 10.6.